The van der Waals surface area contributed by atoms with Crippen LogP contribution in [0.25, 0.3) is 54.8 Å². The number of hydrogen-bond acceptors (Lipinski definition) is 10. The molecule has 0 spiro atoms. The predicted molar refractivity (Wildman–Crippen MR) is 259 cm³/mol. The standard InChI is InChI=1S/C51H54FN9O7S/c1-26(2)43(57-50(64)66-5)47(62)59-17-9-12-37(59)45-53-23-34(55-45)28-15-16-36-30(19-28)21-39-42-33(52)20-29(22-40(42)68-49(61(36)39)32-25-69-41-14-8-7-11-31(32)41)35-24-54-46(56-35)38-13-10-18-60(38)48(63)44(27(3)4)58-51(65)67-6/h7-8,11,14-16,19-27,37-38,43-44,49H,9-10,12-13,17-18H2,1-6H3,(H,53,55)(H,54,56)(H,57,64)(H,58,65)/t37-,38-,43?,44?,49?/m0/s1. The van der Waals surface area contributed by atoms with E-state index < -0.39 is 36.3 Å². The molecule has 7 heterocycles. The molecule has 3 aromatic carbocycles. The number of aromatic nitrogens is 5. The summed E-state index contributed by atoms with van der Waals surface area (Å²) in [5.74, 6) is 0.389. The number of nitrogens with one attached hydrogen (secondary N) is 4. The van der Waals surface area contributed by atoms with Crippen molar-refractivity contribution in [3.63, 3.8) is 0 Å². The van der Waals surface area contributed by atoms with Crippen LogP contribution >= 0.6 is 11.3 Å². The number of ether oxygens (including phenoxy) is 3. The summed E-state index contributed by atoms with van der Waals surface area (Å²) in [6, 6.07) is 17.4. The minimum atomic E-state index is -0.775. The number of imidazole rings is 2. The quantitative estimate of drug-likeness (QED) is 0.0979. The fraction of sp³-hybridized carbons (Fsp3) is 0.373. The van der Waals surface area contributed by atoms with Gasteiger partial charge in [-0.05, 0) is 73.9 Å². The monoisotopic (exact) mass is 955 g/mol. The maximum atomic E-state index is 17.0. The predicted octanol–water partition coefficient (Wildman–Crippen LogP) is 9.47. The number of fused-ring (bicyclic) bond motifs is 6. The molecular formula is C51H54FN9O7S. The van der Waals surface area contributed by atoms with Crippen LogP contribution < -0.4 is 15.4 Å². The first kappa shape index (κ1) is 45.6. The maximum Gasteiger partial charge on any atom is 0.407 e. The van der Waals surface area contributed by atoms with E-state index in [1.54, 1.807) is 33.5 Å². The third-order valence-electron chi connectivity index (χ3n) is 13.7. The molecule has 3 aliphatic heterocycles. The first-order valence-electron chi connectivity index (χ1n) is 23.4. The van der Waals surface area contributed by atoms with Crippen LogP contribution in [0.3, 0.4) is 0 Å². The third-order valence-corrected chi connectivity index (χ3v) is 14.7. The van der Waals surface area contributed by atoms with Crippen molar-refractivity contribution < 1.29 is 37.8 Å². The highest BCUT2D eigenvalue weighted by Crippen LogP contribution is 2.49. The Hall–Kier alpha value is -7.21. The van der Waals surface area contributed by atoms with Crippen molar-refractivity contribution in [1.82, 2.24) is 44.9 Å². The van der Waals surface area contributed by atoms with Crippen molar-refractivity contribution in [1.29, 1.82) is 0 Å². The Bertz CT molecular complexity index is 3120. The van der Waals surface area contributed by atoms with E-state index in [0.717, 1.165) is 57.1 Å². The highest BCUT2D eigenvalue weighted by molar-refractivity contribution is 7.17. The number of hydrogen-bond donors (Lipinski definition) is 4. The number of aromatic amines is 2. The molecule has 3 aliphatic rings. The summed E-state index contributed by atoms with van der Waals surface area (Å²) in [4.78, 5) is 71.8. The summed E-state index contributed by atoms with van der Waals surface area (Å²) < 4.78 is 36.7. The van der Waals surface area contributed by atoms with E-state index in [9.17, 15) is 19.2 Å². The molecule has 10 rings (SSSR count). The maximum absolute atomic E-state index is 17.0. The molecule has 2 fully saturated rings. The average Bonchev–Trinajstić information content (AvgIpc) is 4.21. The lowest BCUT2D eigenvalue weighted by molar-refractivity contribution is -0.136. The zero-order valence-corrected chi connectivity index (χ0v) is 40.0. The van der Waals surface area contributed by atoms with E-state index in [-0.39, 0.29) is 35.7 Å². The number of methoxy groups -OCH3 is 2. The molecule has 4 N–H and O–H groups in total. The van der Waals surface area contributed by atoms with Gasteiger partial charge in [-0.15, -0.1) is 11.3 Å². The van der Waals surface area contributed by atoms with Crippen LogP contribution in [-0.2, 0) is 19.1 Å². The lowest BCUT2D eigenvalue weighted by atomic mass is 10.0. The second-order valence-corrected chi connectivity index (χ2v) is 19.5. The summed E-state index contributed by atoms with van der Waals surface area (Å²) in [7, 11) is 2.55. The molecule has 0 bridgehead atoms. The Kier molecular flexibility index (Phi) is 12.1. The number of halogens is 1. The fourth-order valence-electron chi connectivity index (χ4n) is 10.2. The highest BCUT2D eigenvalue weighted by atomic mass is 32.1. The lowest BCUT2D eigenvalue weighted by Crippen LogP contribution is -2.51. The largest absolute Gasteiger partial charge is 0.465 e. The van der Waals surface area contributed by atoms with Crippen LogP contribution in [0.15, 0.2) is 78.4 Å². The van der Waals surface area contributed by atoms with E-state index in [1.807, 2.05) is 64.1 Å². The zero-order valence-electron chi connectivity index (χ0n) is 39.2. The van der Waals surface area contributed by atoms with Crippen LogP contribution in [0.2, 0.25) is 0 Å². The van der Waals surface area contributed by atoms with Crippen LogP contribution in [0.4, 0.5) is 14.0 Å². The van der Waals surface area contributed by atoms with Gasteiger partial charge in [-0.2, -0.15) is 0 Å². The molecule has 5 atom stereocenters. The van der Waals surface area contributed by atoms with Gasteiger partial charge < -0.3 is 49.2 Å². The van der Waals surface area contributed by atoms with Gasteiger partial charge in [-0.3, -0.25) is 9.59 Å². The number of nitrogens with zero attached hydrogens (tertiary/aromatic N) is 5. The van der Waals surface area contributed by atoms with Gasteiger partial charge >= 0.3 is 12.2 Å². The molecule has 7 aromatic rings. The number of alkyl carbamates (subject to hydrolysis) is 2. The molecular weight excluding hydrogens is 902 g/mol. The number of benzene rings is 3. The van der Waals surface area contributed by atoms with E-state index in [1.165, 1.54) is 20.3 Å². The van der Waals surface area contributed by atoms with E-state index >= 15 is 4.39 Å². The summed E-state index contributed by atoms with van der Waals surface area (Å²) >= 11 is 1.62. The van der Waals surface area contributed by atoms with Gasteiger partial charge in [0, 0.05) is 50.6 Å². The normalized spacial score (nSPS) is 18.6. The first-order chi connectivity index (χ1) is 33.3. The second kappa shape index (κ2) is 18.4. The van der Waals surface area contributed by atoms with Gasteiger partial charge in [-0.1, -0.05) is 52.0 Å². The molecule has 3 unspecified atom stereocenters. The van der Waals surface area contributed by atoms with E-state index in [4.69, 9.17) is 24.2 Å². The van der Waals surface area contributed by atoms with Crippen LogP contribution in [0.5, 0.6) is 5.75 Å². The molecule has 69 heavy (non-hydrogen) atoms. The Morgan fingerprint density at radius 3 is 1.97 bits per heavy atom. The molecule has 0 aliphatic carbocycles. The SMILES string of the molecule is COC(=O)NC(C(=O)N1CCC[C@H]1c1ncc(-c2cc(F)c3c(c2)OC(c2csc4ccccc24)n2c-3cc3cc(-c4cnc([C@@H]5CCCN5C(=O)C(NC(=O)OC)C(C)C)[nH]4)ccc32)[nH]1)C(C)C. The van der Waals surface area contributed by atoms with Crippen molar-refractivity contribution >= 4 is 56.3 Å². The Morgan fingerprint density at radius 1 is 0.783 bits per heavy atom. The van der Waals surface area contributed by atoms with Crippen molar-refractivity contribution in [2.45, 2.75) is 83.8 Å². The molecule has 18 heteroatoms. The van der Waals surface area contributed by atoms with Gasteiger partial charge in [0.05, 0.1) is 66.9 Å². The van der Waals surface area contributed by atoms with Gasteiger partial charge in [-0.25, -0.2) is 23.9 Å². The molecule has 358 valence electrons. The lowest BCUT2D eigenvalue weighted by Gasteiger charge is -2.30. The van der Waals surface area contributed by atoms with E-state index in [2.05, 4.69) is 48.7 Å². The van der Waals surface area contributed by atoms with Crippen LogP contribution in [-0.4, -0.2) is 97.7 Å². The van der Waals surface area contributed by atoms with Gasteiger partial charge in [0.25, 0.3) is 0 Å². The number of carbonyl (C=O) groups excluding carboxylic acids is 4. The average molecular weight is 956 g/mol. The first-order valence-corrected chi connectivity index (χ1v) is 24.2. The van der Waals surface area contributed by atoms with Gasteiger partial charge in [0.15, 0.2) is 0 Å². The van der Waals surface area contributed by atoms with Gasteiger partial charge in [0.2, 0.25) is 18.0 Å². The molecule has 0 saturated carbocycles. The minimum Gasteiger partial charge on any atom is -0.465 e. The van der Waals surface area contributed by atoms with Crippen molar-refractivity contribution in [2.75, 3.05) is 27.3 Å². The van der Waals surface area contributed by atoms with E-state index in [0.29, 0.717) is 59.4 Å². The number of H-pyrrole nitrogens is 2. The van der Waals surface area contributed by atoms with Crippen LogP contribution in [0.1, 0.15) is 88.9 Å². The van der Waals surface area contributed by atoms with Crippen LogP contribution in [0, 0.1) is 17.7 Å². The Morgan fingerprint density at radius 2 is 1.38 bits per heavy atom. The zero-order chi connectivity index (χ0) is 48.2. The summed E-state index contributed by atoms with van der Waals surface area (Å²) in [6.07, 6.45) is 4.40. The topological polar surface area (TPSA) is 189 Å². The third kappa shape index (κ3) is 8.23. The summed E-state index contributed by atoms with van der Waals surface area (Å²) in [6.45, 7) is 8.56. The molecule has 0 radical (unpaired) electrons. The molecule has 16 nitrogen and oxygen atoms in total. The number of thiophene rings is 1. The number of likely N-dealkylation sites (tertiary alicyclic amines) is 2. The van der Waals surface area contributed by atoms with Crippen molar-refractivity contribution in [3.05, 3.63) is 101 Å². The number of amides is 4. The summed E-state index contributed by atoms with van der Waals surface area (Å²) in [5, 5.41) is 9.40. The van der Waals surface area contributed by atoms with Crippen molar-refractivity contribution in [2.24, 2.45) is 11.8 Å². The number of carbonyl (C=O) groups is 4. The molecule has 2 saturated heterocycles. The minimum absolute atomic E-state index is 0.155. The summed E-state index contributed by atoms with van der Waals surface area (Å²) in [5.41, 5.74) is 5.50. The fourth-order valence-corrected chi connectivity index (χ4v) is 11.2. The second-order valence-electron chi connectivity index (χ2n) is 18.6. The molecule has 4 aromatic heterocycles. The van der Waals surface area contributed by atoms with Crippen molar-refractivity contribution in [3.8, 4) is 39.5 Å². The number of rotatable bonds is 11. The van der Waals surface area contributed by atoms with Gasteiger partial charge in [0.1, 0.15) is 35.3 Å². The Labute approximate surface area is 401 Å². The molecule has 4 amide bonds. The highest BCUT2D eigenvalue weighted by Gasteiger charge is 2.40. The Balaban J connectivity index is 0.983. The smallest absolute Gasteiger partial charge is 0.407 e.